The Balaban J connectivity index is 2.06. The summed E-state index contributed by atoms with van der Waals surface area (Å²) in [5.41, 5.74) is -1.10. The lowest BCUT2D eigenvalue weighted by Crippen LogP contribution is -2.46. The molecule has 3 unspecified atom stereocenters. The molecule has 2 fully saturated rings. The van der Waals surface area contributed by atoms with Gasteiger partial charge in [0, 0.05) is 12.8 Å². The highest BCUT2D eigenvalue weighted by Crippen LogP contribution is 2.46. The van der Waals surface area contributed by atoms with Crippen LogP contribution in [0.1, 0.15) is 47.0 Å². The van der Waals surface area contributed by atoms with E-state index in [0.717, 1.165) is 6.42 Å². The van der Waals surface area contributed by atoms with Gasteiger partial charge in [-0.15, -0.1) is 0 Å². The number of fused-ring (bicyclic) bond motifs is 2. The molecule has 1 aliphatic heterocycles. The van der Waals surface area contributed by atoms with Crippen LogP contribution >= 0.6 is 0 Å². The summed E-state index contributed by atoms with van der Waals surface area (Å²) >= 11 is 0. The van der Waals surface area contributed by atoms with E-state index in [2.05, 4.69) is 0 Å². The molecule has 0 N–H and O–H groups in total. The molecule has 3 atom stereocenters. The average molecular weight is 240 g/mol. The molecule has 0 radical (unpaired) electrons. The monoisotopic (exact) mass is 240 g/mol. The third kappa shape index (κ3) is 1.94. The summed E-state index contributed by atoms with van der Waals surface area (Å²) in [7, 11) is 0. The summed E-state index contributed by atoms with van der Waals surface area (Å²) in [6.07, 6.45) is 1.77. The first-order valence-corrected chi connectivity index (χ1v) is 6.22. The highest BCUT2D eigenvalue weighted by atomic mass is 16.6. The number of carbonyl (C=O) groups is 2. The van der Waals surface area contributed by atoms with Gasteiger partial charge in [0.15, 0.2) is 0 Å². The lowest BCUT2D eigenvalue weighted by Gasteiger charge is -2.35. The van der Waals surface area contributed by atoms with Crippen LogP contribution < -0.4 is 0 Å². The van der Waals surface area contributed by atoms with E-state index in [0.29, 0.717) is 12.8 Å². The van der Waals surface area contributed by atoms with Gasteiger partial charge in [0.1, 0.15) is 11.7 Å². The van der Waals surface area contributed by atoms with Crippen LogP contribution in [0.2, 0.25) is 0 Å². The van der Waals surface area contributed by atoms with E-state index in [1.165, 1.54) is 0 Å². The van der Waals surface area contributed by atoms with Crippen LogP contribution in [-0.4, -0.2) is 23.6 Å². The summed E-state index contributed by atoms with van der Waals surface area (Å²) in [4.78, 5) is 23.4. The Kier molecular flexibility index (Phi) is 2.71. The first kappa shape index (κ1) is 12.4. The smallest absolute Gasteiger partial charge is 0.312 e. The minimum Gasteiger partial charge on any atom is -0.458 e. The minimum absolute atomic E-state index is 0.0810. The van der Waals surface area contributed by atoms with Gasteiger partial charge >= 0.3 is 11.9 Å². The molecule has 0 amide bonds. The first-order valence-electron chi connectivity index (χ1n) is 6.22. The van der Waals surface area contributed by atoms with Gasteiger partial charge in [-0.1, -0.05) is 6.92 Å². The molecular weight excluding hydrogens is 220 g/mol. The molecule has 0 aromatic rings. The second-order valence-corrected chi connectivity index (χ2v) is 6.00. The largest absolute Gasteiger partial charge is 0.458 e. The van der Waals surface area contributed by atoms with Crippen molar-refractivity contribution < 1.29 is 19.1 Å². The fourth-order valence-electron chi connectivity index (χ4n) is 2.40. The Labute approximate surface area is 102 Å². The van der Waals surface area contributed by atoms with Gasteiger partial charge in [0.2, 0.25) is 0 Å². The van der Waals surface area contributed by atoms with Crippen molar-refractivity contribution >= 4 is 11.9 Å². The highest BCUT2D eigenvalue weighted by Gasteiger charge is 2.57. The Bertz CT molecular complexity index is 360. The molecule has 0 aromatic heterocycles. The predicted molar refractivity (Wildman–Crippen MR) is 61.2 cm³/mol. The van der Waals surface area contributed by atoms with Crippen molar-refractivity contribution in [3.8, 4) is 0 Å². The zero-order valence-corrected chi connectivity index (χ0v) is 10.9. The Morgan fingerprint density at radius 3 is 2.65 bits per heavy atom. The first-order chi connectivity index (χ1) is 7.78. The minimum atomic E-state index is -0.623. The van der Waals surface area contributed by atoms with Crippen LogP contribution in [-0.2, 0) is 19.1 Å². The van der Waals surface area contributed by atoms with Crippen LogP contribution in [0.3, 0.4) is 0 Å². The molecule has 1 heterocycles. The van der Waals surface area contributed by atoms with Gasteiger partial charge in [-0.2, -0.15) is 0 Å². The Morgan fingerprint density at radius 1 is 1.59 bits per heavy atom. The molecule has 17 heavy (non-hydrogen) atoms. The topological polar surface area (TPSA) is 52.6 Å². The highest BCUT2D eigenvalue weighted by molar-refractivity contribution is 5.79. The SMILES string of the molecule is CCC(C)(C)C(=O)OC1(C)CC2CC1OC2=O. The molecule has 2 aliphatic rings. The molecule has 1 saturated carbocycles. The molecule has 1 saturated heterocycles. The van der Waals surface area contributed by atoms with Crippen molar-refractivity contribution in [3.05, 3.63) is 0 Å². The summed E-state index contributed by atoms with van der Waals surface area (Å²) in [6.45, 7) is 7.58. The van der Waals surface area contributed by atoms with Crippen molar-refractivity contribution in [1.29, 1.82) is 0 Å². The Hall–Kier alpha value is -1.06. The summed E-state index contributed by atoms with van der Waals surface area (Å²) < 4.78 is 10.8. The maximum absolute atomic E-state index is 12.1. The van der Waals surface area contributed by atoms with Gasteiger partial charge in [-0.3, -0.25) is 9.59 Å². The molecule has 1 aliphatic carbocycles. The van der Waals surface area contributed by atoms with Gasteiger partial charge < -0.3 is 9.47 Å². The van der Waals surface area contributed by atoms with Crippen LogP contribution in [0.25, 0.3) is 0 Å². The van der Waals surface area contributed by atoms with Crippen LogP contribution in [0.5, 0.6) is 0 Å². The molecular formula is C13H20O4. The van der Waals surface area contributed by atoms with E-state index >= 15 is 0 Å². The standard InChI is InChI=1S/C13H20O4/c1-5-12(2,3)11(15)17-13(4)7-8-6-9(13)16-10(8)14/h8-9H,5-7H2,1-4H3. The molecule has 2 rings (SSSR count). The van der Waals surface area contributed by atoms with E-state index in [1.54, 1.807) is 0 Å². The summed E-state index contributed by atoms with van der Waals surface area (Å²) in [6, 6.07) is 0. The van der Waals surface area contributed by atoms with Crippen molar-refractivity contribution in [2.24, 2.45) is 11.3 Å². The molecule has 0 aromatic carbocycles. The number of esters is 2. The van der Waals surface area contributed by atoms with Gasteiger partial charge in [-0.25, -0.2) is 0 Å². The Morgan fingerprint density at radius 2 is 2.24 bits per heavy atom. The zero-order valence-electron chi connectivity index (χ0n) is 10.9. The number of hydrogen-bond donors (Lipinski definition) is 0. The van der Waals surface area contributed by atoms with Crippen molar-refractivity contribution in [2.45, 2.75) is 58.7 Å². The maximum Gasteiger partial charge on any atom is 0.312 e. The van der Waals surface area contributed by atoms with Crippen molar-refractivity contribution in [3.63, 3.8) is 0 Å². The van der Waals surface area contributed by atoms with Gasteiger partial charge in [0.25, 0.3) is 0 Å². The number of hydrogen-bond acceptors (Lipinski definition) is 4. The number of carbonyl (C=O) groups excluding carboxylic acids is 2. The maximum atomic E-state index is 12.1. The second kappa shape index (κ2) is 3.72. The third-order valence-electron chi connectivity index (χ3n) is 4.19. The van der Waals surface area contributed by atoms with Crippen LogP contribution in [0.4, 0.5) is 0 Å². The van der Waals surface area contributed by atoms with Gasteiger partial charge in [-0.05, 0) is 27.2 Å². The normalized spacial score (nSPS) is 35.9. The van der Waals surface area contributed by atoms with E-state index in [1.807, 2.05) is 27.7 Å². The quantitative estimate of drug-likeness (QED) is 0.708. The van der Waals surface area contributed by atoms with Gasteiger partial charge in [0.05, 0.1) is 11.3 Å². The van der Waals surface area contributed by atoms with Crippen LogP contribution in [0, 0.1) is 11.3 Å². The molecule has 2 bridgehead atoms. The van der Waals surface area contributed by atoms with Crippen molar-refractivity contribution in [2.75, 3.05) is 0 Å². The van der Waals surface area contributed by atoms with Crippen molar-refractivity contribution in [1.82, 2.24) is 0 Å². The summed E-state index contributed by atoms with van der Waals surface area (Å²) in [5, 5.41) is 0. The van der Waals surface area contributed by atoms with Crippen LogP contribution in [0.15, 0.2) is 0 Å². The van der Waals surface area contributed by atoms with E-state index in [4.69, 9.17) is 9.47 Å². The lowest BCUT2D eigenvalue weighted by molar-refractivity contribution is -0.190. The summed E-state index contributed by atoms with van der Waals surface area (Å²) in [5.74, 6) is -0.424. The zero-order chi connectivity index (χ0) is 12.8. The molecule has 96 valence electrons. The van der Waals surface area contributed by atoms with E-state index in [-0.39, 0.29) is 24.0 Å². The second-order valence-electron chi connectivity index (χ2n) is 6.00. The van der Waals surface area contributed by atoms with E-state index in [9.17, 15) is 9.59 Å². The average Bonchev–Trinajstić information content (AvgIpc) is 2.73. The molecule has 0 spiro atoms. The molecule has 4 heteroatoms. The third-order valence-corrected chi connectivity index (χ3v) is 4.19. The van der Waals surface area contributed by atoms with E-state index < -0.39 is 11.0 Å². The molecule has 4 nitrogen and oxygen atoms in total. The number of ether oxygens (including phenoxy) is 2. The fourth-order valence-corrected chi connectivity index (χ4v) is 2.40. The number of rotatable bonds is 3. The lowest BCUT2D eigenvalue weighted by atomic mass is 9.89. The predicted octanol–water partition coefficient (Wildman–Crippen LogP) is 2.06. The fraction of sp³-hybridized carbons (Fsp3) is 0.846.